The molecule has 0 aromatic carbocycles. The monoisotopic (exact) mass is 386 g/mol. The molecule has 0 radical (unpaired) electrons. The zero-order valence-corrected chi connectivity index (χ0v) is 17.0. The van der Waals surface area contributed by atoms with Gasteiger partial charge in [-0.05, 0) is 64.6 Å². The van der Waals surface area contributed by atoms with E-state index in [1.54, 1.807) is 0 Å². The quantitative estimate of drug-likeness (QED) is 0.821. The number of carbonyl (C=O) groups excluding carboxylic acids is 1. The first-order valence-electron chi connectivity index (χ1n) is 10.00. The van der Waals surface area contributed by atoms with Crippen molar-refractivity contribution in [2.45, 2.75) is 64.6 Å². The number of carboxylic acid groups (broad SMARTS) is 1. The van der Waals surface area contributed by atoms with E-state index < -0.39 is 0 Å². The molecule has 1 atom stereocenters. The van der Waals surface area contributed by atoms with Crippen LogP contribution >= 0.6 is 0 Å². The Morgan fingerprint density at radius 1 is 1.29 bits per heavy atom. The molecular formula is C21H30N4O3. The Balaban J connectivity index is 0.000000706. The van der Waals surface area contributed by atoms with Gasteiger partial charge >= 0.3 is 0 Å². The van der Waals surface area contributed by atoms with Crippen LogP contribution in [-0.4, -0.2) is 61.3 Å². The molecule has 2 aliphatic heterocycles. The van der Waals surface area contributed by atoms with Crippen LogP contribution in [0, 0.1) is 6.92 Å². The lowest BCUT2D eigenvalue weighted by atomic mass is 9.84. The molecule has 1 N–H and O–H groups in total. The van der Waals surface area contributed by atoms with Crippen molar-refractivity contribution >= 4 is 18.0 Å². The molecule has 4 rings (SSSR count). The van der Waals surface area contributed by atoms with E-state index in [-0.39, 0.29) is 18.1 Å². The fourth-order valence-electron chi connectivity index (χ4n) is 4.68. The van der Waals surface area contributed by atoms with Gasteiger partial charge in [-0.25, -0.2) is 4.98 Å². The summed E-state index contributed by atoms with van der Waals surface area (Å²) < 4.78 is 2.09. The van der Waals surface area contributed by atoms with Gasteiger partial charge in [-0.1, -0.05) is 6.07 Å². The van der Waals surface area contributed by atoms with Gasteiger partial charge < -0.3 is 14.4 Å². The number of pyridine rings is 1. The number of likely N-dealkylation sites (tertiary alicyclic amines) is 2. The van der Waals surface area contributed by atoms with Crippen LogP contribution in [0.4, 0.5) is 0 Å². The van der Waals surface area contributed by atoms with Gasteiger partial charge in [0.1, 0.15) is 11.2 Å². The number of nitrogens with zero attached hydrogens (tertiary/aromatic N) is 4. The molecule has 152 valence electrons. The molecule has 2 aromatic rings. The summed E-state index contributed by atoms with van der Waals surface area (Å²) in [4.78, 5) is 30.9. The number of rotatable bonds is 3. The molecule has 1 amide bonds. The van der Waals surface area contributed by atoms with Crippen molar-refractivity contribution in [2.75, 3.05) is 13.1 Å². The number of fused-ring (bicyclic) bond motifs is 1. The van der Waals surface area contributed by atoms with E-state index in [0.717, 1.165) is 56.7 Å². The molecule has 0 saturated carbocycles. The van der Waals surface area contributed by atoms with Gasteiger partial charge in [0, 0.05) is 31.5 Å². The summed E-state index contributed by atoms with van der Waals surface area (Å²) in [7, 11) is 0. The van der Waals surface area contributed by atoms with Crippen molar-refractivity contribution in [1.29, 1.82) is 0 Å². The summed E-state index contributed by atoms with van der Waals surface area (Å²) in [5.41, 5.74) is 2.96. The Morgan fingerprint density at radius 3 is 2.61 bits per heavy atom. The molecule has 1 unspecified atom stereocenters. The standard InChI is InChI=1S/C20H28N4O.CH2O2/c1-15(2)24-12-6-9-20(19(24)25)8-5-11-23(20)14-17-13-22-10-4-7-16(3)18(22)21-17;2-1-3/h4,7,10,13,15H,5-6,8-9,11-12,14H2,1-3H3;1H,(H,2,3). The summed E-state index contributed by atoms with van der Waals surface area (Å²) in [5.74, 6) is 0.339. The van der Waals surface area contributed by atoms with Gasteiger partial charge in [0.05, 0.1) is 5.69 Å². The number of aryl methyl sites for hydroxylation is 1. The lowest BCUT2D eigenvalue weighted by molar-refractivity contribution is -0.149. The third-order valence-electron chi connectivity index (χ3n) is 5.98. The minimum atomic E-state index is -0.298. The SMILES string of the molecule is Cc1cccn2cc(CN3CCCC34CCCN(C(C)C)C4=O)nc12.O=CO. The van der Waals surface area contributed by atoms with Gasteiger partial charge in [-0.15, -0.1) is 0 Å². The Kier molecular flexibility index (Phi) is 6.03. The number of imidazole rings is 1. The van der Waals surface area contributed by atoms with E-state index in [2.05, 4.69) is 53.3 Å². The number of hydrogen-bond acceptors (Lipinski definition) is 4. The van der Waals surface area contributed by atoms with Crippen molar-refractivity contribution in [1.82, 2.24) is 19.2 Å². The van der Waals surface area contributed by atoms with Crippen molar-refractivity contribution < 1.29 is 14.7 Å². The number of aromatic nitrogens is 2. The predicted molar refractivity (Wildman–Crippen MR) is 107 cm³/mol. The average Bonchev–Trinajstić information content (AvgIpc) is 3.24. The van der Waals surface area contributed by atoms with Crippen LogP contribution in [0.2, 0.25) is 0 Å². The van der Waals surface area contributed by atoms with E-state index in [4.69, 9.17) is 14.9 Å². The molecule has 2 fully saturated rings. The Hall–Kier alpha value is -2.41. The molecule has 2 aliphatic rings. The lowest BCUT2D eigenvalue weighted by Crippen LogP contribution is -2.61. The van der Waals surface area contributed by atoms with Crippen LogP contribution in [-0.2, 0) is 16.1 Å². The van der Waals surface area contributed by atoms with E-state index in [1.165, 1.54) is 5.56 Å². The van der Waals surface area contributed by atoms with Crippen LogP contribution in [0.3, 0.4) is 0 Å². The third kappa shape index (κ3) is 3.63. The molecule has 28 heavy (non-hydrogen) atoms. The molecule has 0 aliphatic carbocycles. The average molecular weight is 386 g/mol. The summed E-state index contributed by atoms with van der Waals surface area (Å²) in [6.07, 6.45) is 8.34. The van der Waals surface area contributed by atoms with E-state index in [1.807, 2.05) is 6.20 Å². The number of piperidine rings is 1. The minimum absolute atomic E-state index is 0.250. The second kappa shape index (κ2) is 8.31. The Morgan fingerprint density at radius 2 is 1.96 bits per heavy atom. The highest BCUT2D eigenvalue weighted by molar-refractivity contribution is 5.87. The summed E-state index contributed by atoms with van der Waals surface area (Å²) in [5, 5.41) is 6.89. The highest BCUT2D eigenvalue weighted by Gasteiger charge is 2.51. The van der Waals surface area contributed by atoms with Crippen LogP contribution in [0.15, 0.2) is 24.5 Å². The highest BCUT2D eigenvalue weighted by Crippen LogP contribution is 2.39. The second-order valence-electron chi connectivity index (χ2n) is 8.01. The molecular weight excluding hydrogens is 356 g/mol. The van der Waals surface area contributed by atoms with Gasteiger partial charge in [0.15, 0.2) is 0 Å². The topological polar surface area (TPSA) is 78.2 Å². The maximum Gasteiger partial charge on any atom is 0.290 e. The van der Waals surface area contributed by atoms with Gasteiger partial charge in [-0.3, -0.25) is 14.5 Å². The number of carbonyl (C=O) groups is 2. The summed E-state index contributed by atoms with van der Waals surface area (Å²) >= 11 is 0. The van der Waals surface area contributed by atoms with E-state index >= 15 is 0 Å². The minimum Gasteiger partial charge on any atom is -0.483 e. The van der Waals surface area contributed by atoms with Crippen LogP contribution in [0.25, 0.3) is 5.65 Å². The van der Waals surface area contributed by atoms with Crippen molar-refractivity contribution in [3.8, 4) is 0 Å². The van der Waals surface area contributed by atoms with Crippen molar-refractivity contribution in [3.05, 3.63) is 35.8 Å². The molecule has 0 bridgehead atoms. The largest absolute Gasteiger partial charge is 0.483 e. The first-order valence-corrected chi connectivity index (χ1v) is 10.00. The fourth-order valence-corrected chi connectivity index (χ4v) is 4.68. The third-order valence-corrected chi connectivity index (χ3v) is 5.98. The zero-order valence-electron chi connectivity index (χ0n) is 17.0. The highest BCUT2D eigenvalue weighted by atomic mass is 16.3. The van der Waals surface area contributed by atoms with Crippen LogP contribution in [0.5, 0.6) is 0 Å². The van der Waals surface area contributed by atoms with E-state index in [0.29, 0.717) is 5.91 Å². The maximum absolute atomic E-state index is 13.3. The smallest absolute Gasteiger partial charge is 0.290 e. The fraction of sp³-hybridized carbons (Fsp3) is 0.571. The molecule has 7 heteroatoms. The van der Waals surface area contributed by atoms with Crippen molar-refractivity contribution in [3.63, 3.8) is 0 Å². The summed E-state index contributed by atoms with van der Waals surface area (Å²) in [6, 6.07) is 4.43. The second-order valence-corrected chi connectivity index (χ2v) is 8.01. The van der Waals surface area contributed by atoms with Crippen LogP contribution < -0.4 is 0 Å². The van der Waals surface area contributed by atoms with Crippen LogP contribution in [0.1, 0.15) is 50.8 Å². The molecule has 1 spiro atoms. The molecule has 2 saturated heterocycles. The first kappa shape index (κ1) is 20.3. The predicted octanol–water partition coefficient (Wildman–Crippen LogP) is 2.71. The first-order chi connectivity index (χ1) is 13.4. The van der Waals surface area contributed by atoms with Gasteiger partial charge in [-0.2, -0.15) is 0 Å². The molecule has 2 aromatic heterocycles. The zero-order chi connectivity index (χ0) is 20.3. The number of hydrogen-bond donors (Lipinski definition) is 1. The molecule has 4 heterocycles. The Bertz CT molecular complexity index is 847. The summed E-state index contributed by atoms with van der Waals surface area (Å²) in [6.45, 7) is 8.75. The van der Waals surface area contributed by atoms with E-state index in [9.17, 15) is 4.79 Å². The normalized spacial score (nSPS) is 22.7. The van der Waals surface area contributed by atoms with Crippen molar-refractivity contribution in [2.24, 2.45) is 0 Å². The Labute approximate surface area is 166 Å². The van der Waals surface area contributed by atoms with Gasteiger partial charge in [0.2, 0.25) is 5.91 Å². The van der Waals surface area contributed by atoms with Gasteiger partial charge in [0.25, 0.3) is 6.47 Å². The molecule has 7 nitrogen and oxygen atoms in total. The maximum atomic E-state index is 13.3. The number of amides is 1. The lowest BCUT2D eigenvalue weighted by Gasteiger charge is -2.46.